The van der Waals surface area contributed by atoms with E-state index < -0.39 is 0 Å². The molecule has 166 valence electrons. The molecule has 0 atom stereocenters. The summed E-state index contributed by atoms with van der Waals surface area (Å²) in [6.07, 6.45) is 11.0. The summed E-state index contributed by atoms with van der Waals surface area (Å²) in [6, 6.07) is 8.00. The highest BCUT2D eigenvalue weighted by Crippen LogP contribution is 2.36. The Labute approximate surface area is 186 Å². The van der Waals surface area contributed by atoms with E-state index >= 15 is 0 Å². The van der Waals surface area contributed by atoms with Gasteiger partial charge in [-0.1, -0.05) is 54.6 Å². The minimum Gasteiger partial charge on any atom is -0.494 e. The minimum absolute atomic E-state index is 0.0711. The number of aliphatic imine (C=N–C) groups is 1. The molecule has 5 nitrogen and oxygen atoms in total. The first-order valence-electron chi connectivity index (χ1n) is 9.88. The fraction of sp³-hybridized carbons (Fsp3) is 0.269. The lowest BCUT2D eigenvalue weighted by atomic mass is 9.97. The number of ether oxygens (including phenoxy) is 1. The molecule has 1 heterocycles. The van der Waals surface area contributed by atoms with Crippen molar-refractivity contribution in [2.45, 2.75) is 27.7 Å². The van der Waals surface area contributed by atoms with Crippen LogP contribution in [0.2, 0.25) is 0 Å². The quantitative estimate of drug-likeness (QED) is 0.470. The van der Waals surface area contributed by atoms with Crippen LogP contribution in [0.1, 0.15) is 48.0 Å². The Morgan fingerprint density at radius 2 is 1.77 bits per heavy atom. The maximum atomic E-state index is 12.2. The van der Waals surface area contributed by atoms with E-state index in [0.29, 0.717) is 28.3 Å². The molecular weight excluding hydrogens is 388 g/mol. The van der Waals surface area contributed by atoms with E-state index in [9.17, 15) is 4.79 Å². The summed E-state index contributed by atoms with van der Waals surface area (Å²) >= 11 is 0. The fourth-order valence-electron chi connectivity index (χ4n) is 2.72. The third-order valence-corrected chi connectivity index (χ3v) is 4.06. The highest BCUT2D eigenvalue weighted by Gasteiger charge is 2.21. The highest BCUT2D eigenvalue weighted by molar-refractivity contribution is 6.03. The second kappa shape index (κ2) is 15.5. The molecule has 0 radical (unpaired) electrons. The molecule has 0 aliphatic rings. The van der Waals surface area contributed by atoms with Crippen molar-refractivity contribution in [1.29, 1.82) is 0 Å². The fourth-order valence-corrected chi connectivity index (χ4v) is 2.72. The predicted molar refractivity (Wildman–Crippen MR) is 133 cm³/mol. The van der Waals surface area contributed by atoms with Gasteiger partial charge in [-0.2, -0.15) is 0 Å². The van der Waals surface area contributed by atoms with E-state index in [2.05, 4.69) is 11.6 Å². The van der Waals surface area contributed by atoms with Crippen LogP contribution in [0, 0.1) is 6.92 Å². The van der Waals surface area contributed by atoms with Crippen LogP contribution < -0.4 is 4.74 Å². The number of carbonyl (C=O) groups is 1. The van der Waals surface area contributed by atoms with E-state index in [4.69, 9.17) is 14.8 Å². The number of ketones is 1. The maximum absolute atomic E-state index is 12.2. The molecule has 0 spiro atoms. The number of carbonyl (C=O) groups excluding carboxylic acids is 1. The van der Waals surface area contributed by atoms with Crippen molar-refractivity contribution in [2.75, 3.05) is 21.3 Å². The van der Waals surface area contributed by atoms with Crippen LogP contribution in [0.15, 0.2) is 54.1 Å². The van der Waals surface area contributed by atoms with Gasteiger partial charge < -0.3 is 9.84 Å². The molecule has 0 aliphatic carbocycles. The SMILES string of the molecule is C/C=C\C=NC.C=Cc1c(/C=C\C)nc(-c2ccc(C)cc2)c(OC)c1C(C)=O.CO. The summed E-state index contributed by atoms with van der Waals surface area (Å²) in [4.78, 5) is 20.6. The van der Waals surface area contributed by atoms with Crippen molar-refractivity contribution in [2.24, 2.45) is 4.99 Å². The predicted octanol–water partition coefficient (Wildman–Crippen LogP) is 5.82. The molecule has 2 aromatic rings. The summed E-state index contributed by atoms with van der Waals surface area (Å²) in [5.41, 5.74) is 4.66. The first kappa shape index (κ1) is 27.7. The van der Waals surface area contributed by atoms with E-state index in [0.717, 1.165) is 18.2 Å². The Balaban J connectivity index is 0.000000970. The molecule has 2 rings (SSSR count). The highest BCUT2D eigenvalue weighted by atomic mass is 16.5. The number of hydrogen-bond donors (Lipinski definition) is 1. The maximum Gasteiger partial charge on any atom is 0.164 e. The summed E-state index contributed by atoms with van der Waals surface area (Å²) in [7, 11) is 4.31. The van der Waals surface area contributed by atoms with Gasteiger partial charge >= 0.3 is 0 Å². The molecule has 1 aromatic heterocycles. The molecule has 5 heteroatoms. The summed E-state index contributed by atoms with van der Waals surface area (Å²) in [6.45, 7) is 11.3. The number of rotatable bonds is 6. The topological polar surface area (TPSA) is 71.8 Å². The van der Waals surface area contributed by atoms with Gasteiger partial charge in [-0.15, -0.1) is 0 Å². The lowest BCUT2D eigenvalue weighted by Crippen LogP contribution is -2.07. The van der Waals surface area contributed by atoms with Gasteiger partial charge in [0.05, 0.1) is 18.4 Å². The van der Waals surface area contributed by atoms with Crippen molar-refractivity contribution in [3.63, 3.8) is 0 Å². The van der Waals surface area contributed by atoms with Crippen LogP contribution in [0.3, 0.4) is 0 Å². The molecule has 0 bridgehead atoms. The van der Waals surface area contributed by atoms with Crippen LogP contribution in [-0.2, 0) is 0 Å². The van der Waals surface area contributed by atoms with Gasteiger partial charge in [0, 0.05) is 31.5 Å². The zero-order valence-electron chi connectivity index (χ0n) is 19.6. The van der Waals surface area contributed by atoms with Gasteiger partial charge in [0.15, 0.2) is 11.5 Å². The number of aryl methyl sites for hydroxylation is 1. The van der Waals surface area contributed by atoms with Gasteiger partial charge in [-0.3, -0.25) is 9.79 Å². The van der Waals surface area contributed by atoms with E-state index in [-0.39, 0.29) is 5.78 Å². The summed E-state index contributed by atoms with van der Waals surface area (Å²) < 4.78 is 5.54. The number of hydrogen-bond acceptors (Lipinski definition) is 5. The molecule has 1 aromatic carbocycles. The molecule has 0 saturated heterocycles. The minimum atomic E-state index is -0.0711. The van der Waals surface area contributed by atoms with Crippen molar-refractivity contribution in [3.8, 4) is 17.0 Å². The standard InChI is InChI=1S/C20H21NO2.C5H9N.CH4O/c1-6-8-17-16(7-2)18(14(4)22)20(23-5)19(21-17)15-11-9-13(3)10-12-15;1-3-4-5-6-2;1-2/h6-12H,2H2,1,3-5H3;3-5H,1-2H3;2H,1H3/b8-6-;4-3-,6-5?;. The van der Waals surface area contributed by atoms with Crippen LogP contribution in [-0.4, -0.2) is 43.4 Å². The molecule has 0 amide bonds. The molecular formula is C26H34N2O3. The Morgan fingerprint density at radius 3 is 2.16 bits per heavy atom. The molecule has 0 unspecified atom stereocenters. The zero-order chi connectivity index (χ0) is 23.8. The van der Waals surface area contributed by atoms with Crippen LogP contribution in [0.25, 0.3) is 23.4 Å². The average Bonchev–Trinajstić information content (AvgIpc) is 2.79. The summed E-state index contributed by atoms with van der Waals surface area (Å²) in [5.74, 6) is 0.419. The average molecular weight is 423 g/mol. The lowest BCUT2D eigenvalue weighted by Gasteiger charge is -2.16. The van der Waals surface area contributed by atoms with Crippen LogP contribution >= 0.6 is 0 Å². The third-order valence-electron chi connectivity index (χ3n) is 4.06. The number of nitrogens with zero attached hydrogens (tertiary/aromatic N) is 2. The Morgan fingerprint density at radius 1 is 1.16 bits per heavy atom. The van der Waals surface area contributed by atoms with Crippen molar-refractivity contribution >= 4 is 24.1 Å². The van der Waals surface area contributed by atoms with Crippen LogP contribution in [0.4, 0.5) is 0 Å². The monoisotopic (exact) mass is 422 g/mol. The van der Waals surface area contributed by atoms with E-state index in [1.165, 1.54) is 6.92 Å². The van der Waals surface area contributed by atoms with Crippen molar-refractivity contribution in [3.05, 3.63) is 71.5 Å². The second-order valence-electron chi connectivity index (χ2n) is 6.23. The Kier molecular flexibility index (Phi) is 13.9. The van der Waals surface area contributed by atoms with Gasteiger partial charge in [0.25, 0.3) is 0 Å². The first-order chi connectivity index (χ1) is 14.9. The van der Waals surface area contributed by atoms with E-state index in [1.807, 2.05) is 69.3 Å². The number of methoxy groups -OCH3 is 1. The number of aliphatic hydroxyl groups excluding tert-OH is 1. The van der Waals surface area contributed by atoms with Crippen molar-refractivity contribution in [1.82, 2.24) is 4.98 Å². The second-order valence-corrected chi connectivity index (χ2v) is 6.23. The largest absolute Gasteiger partial charge is 0.494 e. The molecule has 0 fully saturated rings. The Bertz CT molecular complexity index is 915. The smallest absolute Gasteiger partial charge is 0.164 e. The zero-order valence-corrected chi connectivity index (χ0v) is 19.6. The molecule has 0 saturated carbocycles. The van der Waals surface area contributed by atoms with Gasteiger partial charge in [-0.25, -0.2) is 4.98 Å². The van der Waals surface area contributed by atoms with Gasteiger partial charge in [0.2, 0.25) is 0 Å². The summed E-state index contributed by atoms with van der Waals surface area (Å²) in [5, 5.41) is 7.00. The number of pyridine rings is 1. The lowest BCUT2D eigenvalue weighted by molar-refractivity contribution is 0.101. The molecule has 0 aliphatic heterocycles. The van der Waals surface area contributed by atoms with E-state index in [1.54, 1.807) is 26.4 Å². The number of benzene rings is 1. The number of allylic oxidation sites excluding steroid dienone is 3. The van der Waals surface area contributed by atoms with Crippen molar-refractivity contribution < 1.29 is 14.6 Å². The van der Waals surface area contributed by atoms with Crippen LogP contribution in [0.5, 0.6) is 5.75 Å². The molecule has 31 heavy (non-hydrogen) atoms. The van der Waals surface area contributed by atoms with Gasteiger partial charge in [-0.05, 0) is 39.8 Å². The number of Topliss-reactive ketones (excluding diaryl/α,β-unsaturated/α-hetero) is 1. The normalized spacial score (nSPS) is 10.5. The number of aromatic nitrogens is 1. The van der Waals surface area contributed by atoms with Gasteiger partial charge in [0.1, 0.15) is 5.69 Å². The number of aliphatic hydroxyl groups is 1. The Hall–Kier alpha value is -3.31. The third kappa shape index (κ3) is 8.15. The first-order valence-corrected chi connectivity index (χ1v) is 9.88. The molecule has 1 N–H and O–H groups in total.